The van der Waals surface area contributed by atoms with Crippen LogP contribution in [0.5, 0.6) is 0 Å². The van der Waals surface area contributed by atoms with Gasteiger partial charge in [0.1, 0.15) is 5.15 Å². The first-order valence-electron chi connectivity index (χ1n) is 4.95. The van der Waals surface area contributed by atoms with E-state index in [9.17, 15) is 9.59 Å². The predicted molar refractivity (Wildman–Crippen MR) is 67.1 cm³/mol. The van der Waals surface area contributed by atoms with Gasteiger partial charge in [-0.25, -0.2) is 4.98 Å². The predicted octanol–water partition coefficient (Wildman–Crippen LogP) is 3.02. The topological polar surface area (TPSA) is 56.3 Å². The first-order valence-corrected chi connectivity index (χ1v) is 6.12. The molecule has 0 unspecified atom stereocenters. The van der Waals surface area contributed by atoms with Gasteiger partial charge in [0.05, 0.1) is 12.7 Å². The highest BCUT2D eigenvalue weighted by Crippen LogP contribution is 2.21. The number of esters is 1. The molecule has 17 heavy (non-hydrogen) atoms. The van der Waals surface area contributed by atoms with Crippen molar-refractivity contribution in [3.63, 3.8) is 0 Å². The molecule has 1 heterocycles. The summed E-state index contributed by atoms with van der Waals surface area (Å²) >= 11 is 8.92. The molecule has 0 aliphatic carbocycles. The number of hydrogen-bond donors (Lipinski definition) is 0. The average Bonchev–Trinajstić information content (AvgIpc) is 2.28. The summed E-state index contributed by atoms with van der Waals surface area (Å²) in [7, 11) is 1.32. The average molecular weight is 321 g/mol. The number of carbonyl (C=O) groups excluding carboxylic acids is 2. The van der Waals surface area contributed by atoms with E-state index in [2.05, 4.69) is 25.7 Å². The zero-order valence-electron chi connectivity index (χ0n) is 9.20. The Morgan fingerprint density at radius 2 is 2.18 bits per heavy atom. The highest BCUT2D eigenvalue weighted by atomic mass is 79.9. The maximum absolute atomic E-state index is 11.8. The Balaban J connectivity index is 2.55. The number of pyridine rings is 1. The van der Waals surface area contributed by atoms with E-state index in [1.807, 2.05) is 0 Å². The van der Waals surface area contributed by atoms with E-state index in [1.54, 1.807) is 6.07 Å². The van der Waals surface area contributed by atoms with E-state index < -0.39 is 0 Å². The van der Waals surface area contributed by atoms with E-state index in [0.29, 0.717) is 21.6 Å². The van der Waals surface area contributed by atoms with Crippen molar-refractivity contribution in [1.29, 1.82) is 0 Å². The Bertz CT molecular complexity index is 437. The molecule has 0 saturated carbocycles. The molecule has 0 bridgehead atoms. The van der Waals surface area contributed by atoms with Gasteiger partial charge in [-0.2, -0.15) is 0 Å². The van der Waals surface area contributed by atoms with Crippen LogP contribution >= 0.6 is 27.5 Å². The fourth-order valence-electron chi connectivity index (χ4n) is 1.24. The van der Waals surface area contributed by atoms with Gasteiger partial charge in [0.15, 0.2) is 5.78 Å². The summed E-state index contributed by atoms with van der Waals surface area (Å²) < 4.78 is 5.10. The van der Waals surface area contributed by atoms with Crippen molar-refractivity contribution in [3.8, 4) is 0 Å². The summed E-state index contributed by atoms with van der Waals surface area (Å²) in [4.78, 5) is 26.5. The monoisotopic (exact) mass is 319 g/mol. The van der Waals surface area contributed by atoms with Gasteiger partial charge >= 0.3 is 5.97 Å². The van der Waals surface area contributed by atoms with Crippen molar-refractivity contribution in [2.24, 2.45) is 0 Å². The lowest BCUT2D eigenvalue weighted by molar-refractivity contribution is -0.140. The number of aromatic nitrogens is 1. The summed E-state index contributed by atoms with van der Waals surface area (Å²) in [5.74, 6) is -0.393. The molecule has 0 aromatic carbocycles. The number of carbonyl (C=O) groups is 2. The molecule has 0 N–H and O–H groups in total. The minimum Gasteiger partial charge on any atom is -0.469 e. The second-order valence-electron chi connectivity index (χ2n) is 3.34. The molecular formula is C11H11BrClNO3. The van der Waals surface area contributed by atoms with Crippen LogP contribution < -0.4 is 0 Å². The summed E-state index contributed by atoms with van der Waals surface area (Å²) in [5, 5.41) is 0.322. The Morgan fingerprint density at radius 1 is 1.47 bits per heavy atom. The van der Waals surface area contributed by atoms with E-state index in [4.69, 9.17) is 11.6 Å². The quantitative estimate of drug-likeness (QED) is 0.475. The normalized spacial score (nSPS) is 10.1. The van der Waals surface area contributed by atoms with Crippen LogP contribution in [0.15, 0.2) is 16.7 Å². The zero-order valence-corrected chi connectivity index (χ0v) is 11.5. The van der Waals surface area contributed by atoms with Crippen LogP contribution in [-0.4, -0.2) is 23.8 Å². The molecule has 0 aliphatic rings. The van der Waals surface area contributed by atoms with E-state index in [0.717, 1.165) is 0 Å². The molecule has 0 saturated heterocycles. The van der Waals surface area contributed by atoms with Gasteiger partial charge in [-0.05, 0) is 28.4 Å². The Labute approximate surface area is 112 Å². The fraction of sp³-hybridized carbons (Fsp3) is 0.364. The van der Waals surface area contributed by atoms with Gasteiger partial charge in [0.25, 0.3) is 0 Å². The highest BCUT2D eigenvalue weighted by molar-refractivity contribution is 9.10. The molecule has 1 rings (SSSR count). The van der Waals surface area contributed by atoms with E-state index in [1.165, 1.54) is 13.3 Å². The van der Waals surface area contributed by atoms with Crippen LogP contribution in [0.1, 0.15) is 29.6 Å². The fourth-order valence-corrected chi connectivity index (χ4v) is 2.07. The lowest BCUT2D eigenvalue weighted by atomic mass is 10.1. The number of halogens is 2. The van der Waals surface area contributed by atoms with Gasteiger partial charge in [-0.1, -0.05) is 11.6 Å². The van der Waals surface area contributed by atoms with Crippen molar-refractivity contribution >= 4 is 39.3 Å². The van der Waals surface area contributed by atoms with Crippen LogP contribution in [0.25, 0.3) is 0 Å². The molecule has 4 nitrogen and oxygen atoms in total. The Kier molecular flexibility index (Phi) is 5.58. The molecule has 0 radical (unpaired) electrons. The molecule has 6 heteroatoms. The first-order chi connectivity index (χ1) is 8.04. The standard InChI is InChI=1S/C11H11BrClNO3/c1-17-11(16)4-2-3-9(15)7-6-14-10(13)5-8(7)12/h5-6H,2-4H2,1H3. The van der Waals surface area contributed by atoms with Gasteiger partial charge in [-0.3, -0.25) is 9.59 Å². The summed E-state index contributed by atoms with van der Waals surface area (Å²) in [6.45, 7) is 0. The van der Waals surface area contributed by atoms with Gasteiger partial charge < -0.3 is 4.74 Å². The number of hydrogen-bond acceptors (Lipinski definition) is 4. The van der Waals surface area contributed by atoms with Gasteiger partial charge in [0.2, 0.25) is 0 Å². The second kappa shape index (κ2) is 6.71. The second-order valence-corrected chi connectivity index (χ2v) is 4.58. The molecule has 1 aromatic rings. The number of rotatable bonds is 5. The molecule has 0 aliphatic heterocycles. The van der Waals surface area contributed by atoms with Crippen molar-refractivity contribution < 1.29 is 14.3 Å². The Hall–Kier alpha value is -0.940. The van der Waals surface area contributed by atoms with Crippen LogP contribution in [0.3, 0.4) is 0 Å². The molecule has 0 fully saturated rings. The first kappa shape index (κ1) is 14.1. The minimum absolute atomic E-state index is 0.0788. The van der Waals surface area contributed by atoms with Crippen LogP contribution in [0.2, 0.25) is 5.15 Å². The van der Waals surface area contributed by atoms with E-state index >= 15 is 0 Å². The molecule has 0 atom stereocenters. The highest BCUT2D eigenvalue weighted by Gasteiger charge is 2.12. The van der Waals surface area contributed by atoms with Crippen molar-refractivity contribution in [2.75, 3.05) is 7.11 Å². The van der Waals surface area contributed by atoms with Crippen molar-refractivity contribution in [3.05, 3.63) is 27.5 Å². The number of methoxy groups -OCH3 is 1. The van der Waals surface area contributed by atoms with Crippen molar-refractivity contribution in [2.45, 2.75) is 19.3 Å². The number of Topliss-reactive ketones (excluding diaryl/α,β-unsaturated/α-hetero) is 1. The maximum atomic E-state index is 11.8. The smallest absolute Gasteiger partial charge is 0.305 e. The van der Waals surface area contributed by atoms with Crippen molar-refractivity contribution in [1.82, 2.24) is 4.98 Å². The van der Waals surface area contributed by atoms with Crippen LogP contribution in [0, 0.1) is 0 Å². The summed E-state index contributed by atoms with van der Waals surface area (Å²) in [6, 6.07) is 1.56. The molecular weight excluding hydrogens is 309 g/mol. The molecule has 92 valence electrons. The molecule has 1 aromatic heterocycles. The largest absolute Gasteiger partial charge is 0.469 e. The third-order valence-electron chi connectivity index (χ3n) is 2.13. The van der Waals surface area contributed by atoms with Crippen LogP contribution in [-0.2, 0) is 9.53 Å². The molecule has 0 spiro atoms. The number of ketones is 1. The van der Waals surface area contributed by atoms with Crippen LogP contribution in [0.4, 0.5) is 0 Å². The SMILES string of the molecule is COC(=O)CCCC(=O)c1cnc(Cl)cc1Br. The third-order valence-corrected chi connectivity index (χ3v) is 3.00. The zero-order chi connectivity index (χ0) is 12.8. The van der Waals surface area contributed by atoms with E-state index in [-0.39, 0.29) is 24.6 Å². The van der Waals surface area contributed by atoms with Gasteiger partial charge in [-0.15, -0.1) is 0 Å². The number of ether oxygens (including phenoxy) is 1. The maximum Gasteiger partial charge on any atom is 0.305 e. The minimum atomic E-state index is -0.314. The Morgan fingerprint density at radius 3 is 2.76 bits per heavy atom. The lowest BCUT2D eigenvalue weighted by Crippen LogP contribution is -2.04. The number of nitrogens with zero attached hydrogens (tertiary/aromatic N) is 1. The summed E-state index contributed by atoms with van der Waals surface area (Å²) in [6.07, 6.45) is 2.39. The lowest BCUT2D eigenvalue weighted by Gasteiger charge is -2.03. The third kappa shape index (κ3) is 4.44. The summed E-state index contributed by atoms with van der Waals surface area (Å²) in [5.41, 5.74) is 0.472. The van der Waals surface area contributed by atoms with Gasteiger partial charge in [0, 0.05) is 23.5 Å². The molecule has 0 amide bonds.